The SMILES string of the molecule is CCNC(=O)c1cnc(NS(=O)(=O)c2ccc(C(=O)Nc3ccc(Cl)c(-c4ccccn4)c3)c(Cl)c2)nc1. The van der Waals surface area contributed by atoms with Crippen molar-refractivity contribution >= 4 is 56.7 Å². The first-order chi connectivity index (χ1) is 18.2. The Labute approximate surface area is 228 Å². The number of amides is 2. The first-order valence-corrected chi connectivity index (χ1v) is 13.4. The summed E-state index contributed by atoms with van der Waals surface area (Å²) < 4.78 is 27.8. The number of halogens is 2. The Morgan fingerprint density at radius 3 is 2.32 bits per heavy atom. The Hall–Kier alpha value is -4.06. The molecular weight excluding hydrogens is 551 g/mol. The van der Waals surface area contributed by atoms with E-state index in [1.165, 1.54) is 24.5 Å². The lowest BCUT2D eigenvalue weighted by Crippen LogP contribution is -2.23. The molecule has 3 N–H and O–H groups in total. The number of nitrogens with zero attached hydrogens (tertiary/aromatic N) is 3. The Kier molecular flexibility index (Phi) is 8.20. The molecule has 0 aliphatic rings. The van der Waals surface area contributed by atoms with E-state index in [0.717, 1.165) is 6.07 Å². The fraction of sp³-hybridized carbons (Fsp3) is 0.0800. The predicted molar refractivity (Wildman–Crippen MR) is 145 cm³/mol. The standard InChI is InChI=1S/C25H20Cl2N6O4S/c1-2-28-23(34)15-13-30-25(31-14-15)33-38(36,37)17-7-8-18(21(27)12-17)24(35)32-16-6-9-20(26)19(11-16)22-5-3-4-10-29-22/h3-14H,2H2,1H3,(H,28,34)(H,32,35)(H,30,31,33). The van der Waals surface area contributed by atoms with Gasteiger partial charge in [-0.25, -0.2) is 23.1 Å². The van der Waals surface area contributed by atoms with Gasteiger partial charge in [0.05, 0.1) is 31.8 Å². The molecule has 194 valence electrons. The minimum atomic E-state index is -4.13. The Balaban J connectivity index is 1.49. The number of rotatable bonds is 8. The number of carbonyl (C=O) groups is 2. The fourth-order valence-corrected chi connectivity index (χ4v) is 4.84. The molecule has 2 heterocycles. The third-order valence-corrected chi connectivity index (χ3v) is 7.11. The van der Waals surface area contributed by atoms with Crippen LogP contribution in [0.2, 0.25) is 10.0 Å². The maximum absolute atomic E-state index is 12.9. The molecule has 4 rings (SSSR count). The van der Waals surface area contributed by atoms with E-state index in [1.54, 1.807) is 43.5 Å². The highest BCUT2D eigenvalue weighted by Crippen LogP contribution is 2.30. The maximum Gasteiger partial charge on any atom is 0.264 e. The van der Waals surface area contributed by atoms with Gasteiger partial charge in [-0.3, -0.25) is 14.6 Å². The second-order valence-corrected chi connectivity index (χ2v) is 10.3. The van der Waals surface area contributed by atoms with Gasteiger partial charge in [0.2, 0.25) is 5.95 Å². The van der Waals surface area contributed by atoms with E-state index in [9.17, 15) is 18.0 Å². The summed E-state index contributed by atoms with van der Waals surface area (Å²) in [6.45, 7) is 2.19. The van der Waals surface area contributed by atoms with E-state index in [-0.39, 0.29) is 32.9 Å². The number of sulfonamides is 1. The molecule has 0 aliphatic heterocycles. The van der Waals surface area contributed by atoms with Gasteiger partial charge in [0.1, 0.15) is 0 Å². The number of hydrogen-bond donors (Lipinski definition) is 3. The largest absolute Gasteiger partial charge is 0.352 e. The summed E-state index contributed by atoms with van der Waals surface area (Å²) in [6.07, 6.45) is 4.03. The molecule has 0 bridgehead atoms. The normalized spacial score (nSPS) is 11.0. The Morgan fingerprint density at radius 2 is 1.66 bits per heavy atom. The highest BCUT2D eigenvalue weighted by Gasteiger charge is 2.20. The zero-order valence-electron chi connectivity index (χ0n) is 19.8. The van der Waals surface area contributed by atoms with Crippen molar-refractivity contribution in [2.45, 2.75) is 11.8 Å². The van der Waals surface area contributed by atoms with Crippen molar-refractivity contribution in [2.75, 3.05) is 16.6 Å². The Morgan fingerprint density at radius 1 is 0.895 bits per heavy atom. The van der Waals surface area contributed by atoms with E-state index < -0.39 is 15.9 Å². The third kappa shape index (κ3) is 6.25. The first-order valence-electron chi connectivity index (χ1n) is 11.1. The highest BCUT2D eigenvalue weighted by molar-refractivity contribution is 7.92. The van der Waals surface area contributed by atoms with Crippen LogP contribution in [0.3, 0.4) is 0 Å². The molecule has 0 spiro atoms. The zero-order valence-corrected chi connectivity index (χ0v) is 22.1. The number of aromatic nitrogens is 3. The van der Waals surface area contributed by atoms with Crippen molar-refractivity contribution in [3.63, 3.8) is 0 Å². The summed E-state index contributed by atoms with van der Waals surface area (Å²) >= 11 is 12.6. The molecule has 13 heteroatoms. The first kappa shape index (κ1) is 27.0. The molecular formula is C25H20Cl2N6O4S. The number of carbonyl (C=O) groups excluding carboxylic acids is 2. The lowest BCUT2D eigenvalue weighted by molar-refractivity contribution is 0.0954. The quantitative estimate of drug-likeness (QED) is 0.279. The Bertz CT molecular complexity index is 1600. The summed E-state index contributed by atoms with van der Waals surface area (Å²) in [5.41, 5.74) is 1.95. The molecule has 0 fully saturated rings. The van der Waals surface area contributed by atoms with Crippen LogP contribution in [-0.4, -0.2) is 41.7 Å². The van der Waals surface area contributed by atoms with Gasteiger partial charge >= 0.3 is 0 Å². The molecule has 0 saturated carbocycles. The van der Waals surface area contributed by atoms with Gasteiger partial charge in [0, 0.05) is 36.4 Å². The van der Waals surface area contributed by atoms with Gasteiger partial charge in [0.15, 0.2) is 0 Å². The summed E-state index contributed by atoms with van der Waals surface area (Å²) in [4.78, 5) is 36.5. The second kappa shape index (κ2) is 11.5. The number of pyridine rings is 1. The molecule has 0 unspecified atom stereocenters. The van der Waals surface area contributed by atoms with Gasteiger partial charge in [0.25, 0.3) is 21.8 Å². The molecule has 10 nitrogen and oxygen atoms in total. The molecule has 38 heavy (non-hydrogen) atoms. The van der Waals surface area contributed by atoms with Crippen LogP contribution in [0.4, 0.5) is 11.6 Å². The smallest absolute Gasteiger partial charge is 0.264 e. The van der Waals surface area contributed by atoms with E-state index >= 15 is 0 Å². The van der Waals surface area contributed by atoms with Crippen molar-refractivity contribution < 1.29 is 18.0 Å². The minimum Gasteiger partial charge on any atom is -0.352 e. The van der Waals surface area contributed by atoms with Crippen LogP contribution < -0.4 is 15.4 Å². The summed E-state index contributed by atoms with van der Waals surface area (Å²) in [7, 11) is -4.13. The second-order valence-electron chi connectivity index (χ2n) is 7.77. The molecule has 0 saturated heterocycles. The lowest BCUT2D eigenvalue weighted by Gasteiger charge is -2.11. The molecule has 2 aromatic heterocycles. The van der Waals surface area contributed by atoms with Gasteiger partial charge in [-0.1, -0.05) is 29.3 Å². The molecule has 2 amide bonds. The summed E-state index contributed by atoms with van der Waals surface area (Å²) in [5.74, 6) is -1.16. The summed E-state index contributed by atoms with van der Waals surface area (Å²) in [5, 5.41) is 5.70. The van der Waals surface area contributed by atoms with E-state index in [4.69, 9.17) is 23.2 Å². The molecule has 0 aliphatic carbocycles. The number of anilines is 2. The van der Waals surface area contributed by atoms with Crippen LogP contribution >= 0.6 is 23.2 Å². The predicted octanol–water partition coefficient (Wildman–Crippen LogP) is 4.65. The van der Waals surface area contributed by atoms with Gasteiger partial charge in [-0.2, -0.15) is 0 Å². The molecule has 2 aromatic carbocycles. The van der Waals surface area contributed by atoms with Crippen molar-refractivity contribution in [3.8, 4) is 11.3 Å². The lowest BCUT2D eigenvalue weighted by atomic mass is 10.1. The topological polar surface area (TPSA) is 143 Å². The van der Waals surface area contributed by atoms with Crippen LogP contribution in [0.5, 0.6) is 0 Å². The van der Waals surface area contributed by atoms with Gasteiger partial charge in [-0.15, -0.1) is 0 Å². The van der Waals surface area contributed by atoms with Crippen LogP contribution in [-0.2, 0) is 10.0 Å². The number of nitrogens with one attached hydrogen (secondary N) is 3. The van der Waals surface area contributed by atoms with Crippen LogP contribution in [0, 0.1) is 0 Å². The monoisotopic (exact) mass is 570 g/mol. The number of hydrogen-bond acceptors (Lipinski definition) is 7. The van der Waals surface area contributed by atoms with E-state index in [0.29, 0.717) is 28.5 Å². The van der Waals surface area contributed by atoms with Gasteiger partial charge < -0.3 is 10.6 Å². The maximum atomic E-state index is 12.9. The van der Waals surface area contributed by atoms with Crippen molar-refractivity contribution in [3.05, 3.63) is 94.4 Å². The van der Waals surface area contributed by atoms with Crippen molar-refractivity contribution in [2.24, 2.45) is 0 Å². The summed E-state index contributed by atoms with van der Waals surface area (Å²) in [6, 6.07) is 14.0. The van der Waals surface area contributed by atoms with Crippen LogP contribution in [0.15, 0.2) is 78.1 Å². The van der Waals surface area contributed by atoms with E-state index in [1.807, 2.05) is 6.07 Å². The van der Waals surface area contributed by atoms with E-state index in [2.05, 4.69) is 30.3 Å². The molecule has 0 radical (unpaired) electrons. The van der Waals surface area contributed by atoms with Crippen molar-refractivity contribution in [1.29, 1.82) is 0 Å². The highest BCUT2D eigenvalue weighted by atomic mass is 35.5. The van der Waals surface area contributed by atoms with Crippen LogP contribution in [0.1, 0.15) is 27.6 Å². The zero-order chi connectivity index (χ0) is 27.3. The average molecular weight is 571 g/mol. The number of benzene rings is 2. The van der Waals surface area contributed by atoms with Crippen LogP contribution in [0.25, 0.3) is 11.3 Å². The van der Waals surface area contributed by atoms with Crippen molar-refractivity contribution in [1.82, 2.24) is 20.3 Å². The minimum absolute atomic E-state index is 0.0579. The molecule has 4 aromatic rings. The molecule has 0 atom stereocenters. The fourth-order valence-electron chi connectivity index (χ4n) is 3.31. The van der Waals surface area contributed by atoms with Gasteiger partial charge in [-0.05, 0) is 55.5 Å². The average Bonchev–Trinajstić information content (AvgIpc) is 2.90. The third-order valence-electron chi connectivity index (χ3n) is 5.14.